The van der Waals surface area contributed by atoms with E-state index < -0.39 is 17.5 Å². The SMILES string of the molecule is CCOc1ccc2cc(C(=O)NCCCCCC(=O)O)c(=O)oc2c1. The van der Waals surface area contributed by atoms with Crippen LogP contribution in [0.3, 0.4) is 0 Å². The largest absolute Gasteiger partial charge is 0.494 e. The van der Waals surface area contributed by atoms with E-state index in [0.29, 0.717) is 49.1 Å². The minimum Gasteiger partial charge on any atom is -0.494 e. The van der Waals surface area contributed by atoms with E-state index in [-0.39, 0.29) is 12.0 Å². The number of carboxylic acid groups (broad SMARTS) is 1. The van der Waals surface area contributed by atoms with Crippen LogP contribution in [-0.4, -0.2) is 30.1 Å². The van der Waals surface area contributed by atoms with Crippen LogP contribution >= 0.6 is 0 Å². The van der Waals surface area contributed by atoms with Crippen molar-refractivity contribution >= 4 is 22.8 Å². The average Bonchev–Trinajstić information content (AvgIpc) is 2.57. The van der Waals surface area contributed by atoms with Crippen LogP contribution in [0.15, 0.2) is 33.5 Å². The van der Waals surface area contributed by atoms with E-state index in [2.05, 4.69) is 5.32 Å². The molecular weight excluding hydrogens is 326 g/mol. The molecule has 0 radical (unpaired) electrons. The number of unbranched alkanes of at least 4 members (excludes halogenated alkanes) is 2. The summed E-state index contributed by atoms with van der Waals surface area (Å²) in [5.41, 5.74) is -0.395. The maximum Gasteiger partial charge on any atom is 0.349 e. The molecule has 0 spiro atoms. The Kier molecular flexibility index (Phi) is 6.56. The molecule has 0 fully saturated rings. The number of carbonyl (C=O) groups is 2. The number of fused-ring (bicyclic) bond motifs is 1. The van der Waals surface area contributed by atoms with E-state index in [0.717, 1.165) is 0 Å². The molecule has 2 N–H and O–H groups in total. The Morgan fingerprint density at radius 3 is 2.72 bits per heavy atom. The lowest BCUT2D eigenvalue weighted by molar-refractivity contribution is -0.137. The Morgan fingerprint density at radius 1 is 1.20 bits per heavy atom. The minimum atomic E-state index is -0.828. The molecule has 0 saturated carbocycles. The van der Waals surface area contributed by atoms with Crippen molar-refractivity contribution in [2.45, 2.75) is 32.6 Å². The second-order valence-electron chi connectivity index (χ2n) is 5.54. The molecule has 7 heteroatoms. The third-order valence-corrected chi connectivity index (χ3v) is 3.62. The highest BCUT2D eigenvalue weighted by Crippen LogP contribution is 2.20. The van der Waals surface area contributed by atoms with Crippen molar-refractivity contribution in [2.24, 2.45) is 0 Å². The van der Waals surface area contributed by atoms with Gasteiger partial charge in [0, 0.05) is 24.4 Å². The van der Waals surface area contributed by atoms with Crippen molar-refractivity contribution in [3.05, 3.63) is 40.2 Å². The third kappa shape index (κ3) is 5.34. The summed E-state index contributed by atoms with van der Waals surface area (Å²) >= 11 is 0. The number of benzene rings is 1. The fourth-order valence-corrected chi connectivity index (χ4v) is 2.38. The lowest BCUT2D eigenvalue weighted by atomic mass is 10.1. The van der Waals surface area contributed by atoms with Gasteiger partial charge in [-0.15, -0.1) is 0 Å². The summed E-state index contributed by atoms with van der Waals surface area (Å²) in [6.07, 6.45) is 2.02. The van der Waals surface area contributed by atoms with Gasteiger partial charge in [0.1, 0.15) is 16.9 Å². The van der Waals surface area contributed by atoms with E-state index in [1.165, 1.54) is 6.07 Å². The molecule has 1 amide bonds. The molecule has 0 aliphatic rings. The standard InChI is InChI=1S/C18H21NO6/c1-2-24-13-8-7-12-10-14(18(23)25-15(12)11-13)17(22)19-9-5-3-4-6-16(20)21/h7-8,10-11H,2-6,9H2,1H3,(H,19,22)(H,20,21). The number of hydrogen-bond donors (Lipinski definition) is 2. The first-order valence-corrected chi connectivity index (χ1v) is 8.22. The molecule has 25 heavy (non-hydrogen) atoms. The van der Waals surface area contributed by atoms with Gasteiger partial charge in [0.15, 0.2) is 0 Å². The quantitative estimate of drug-likeness (QED) is 0.533. The van der Waals surface area contributed by atoms with Crippen molar-refractivity contribution in [2.75, 3.05) is 13.2 Å². The van der Waals surface area contributed by atoms with Crippen LogP contribution in [0.2, 0.25) is 0 Å². The lowest BCUT2D eigenvalue weighted by Crippen LogP contribution is -2.29. The van der Waals surface area contributed by atoms with E-state index in [9.17, 15) is 14.4 Å². The van der Waals surface area contributed by atoms with Gasteiger partial charge < -0.3 is 19.6 Å². The van der Waals surface area contributed by atoms with Gasteiger partial charge in [-0.3, -0.25) is 9.59 Å². The predicted molar refractivity (Wildman–Crippen MR) is 92.1 cm³/mol. The van der Waals surface area contributed by atoms with Crippen molar-refractivity contribution in [3.63, 3.8) is 0 Å². The first kappa shape index (κ1) is 18.5. The van der Waals surface area contributed by atoms with E-state index in [4.69, 9.17) is 14.3 Å². The normalized spacial score (nSPS) is 10.6. The second-order valence-corrected chi connectivity index (χ2v) is 5.54. The van der Waals surface area contributed by atoms with E-state index >= 15 is 0 Å². The first-order valence-electron chi connectivity index (χ1n) is 8.22. The summed E-state index contributed by atoms with van der Waals surface area (Å²) in [5, 5.41) is 11.8. The van der Waals surface area contributed by atoms with Crippen LogP contribution in [0.1, 0.15) is 43.0 Å². The highest BCUT2D eigenvalue weighted by molar-refractivity contribution is 5.96. The summed E-state index contributed by atoms with van der Waals surface area (Å²) in [6.45, 7) is 2.73. The summed E-state index contributed by atoms with van der Waals surface area (Å²) in [7, 11) is 0. The maximum absolute atomic E-state index is 12.1. The highest BCUT2D eigenvalue weighted by Gasteiger charge is 2.13. The molecular formula is C18H21NO6. The molecule has 1 heterocycles. The Balaban J connectivity index is 1.98. The third-order valence-electron chi connectivity index (χ3n) is 3.62. The van der Waals surface area contributed by atoms with Crippen LogP contribution in [-0.2, 0) is 4.79 Å². The average molecular weight is 347 g/mol. The molecule has 0 saturated heterocycles. The Labute approximate surface area is 144 Å². The van der Waals surface area contributed by atoms with Gasteiger partial charge >= 0.3 is 11.6 Å². The summed E-state index contributed by atoms with van der Waals surface area (Å²) in [5.74, 6) is -0.732. The topological polar surface area (TPSA) is 106 Å². The van der Waals surface area contributed by atoms with Crippen LogP contribution in [0.25, 0.3) is 11.0 Å². The Bertz CT molecular complexity index is 811. The van der Waals surface area contributed by atoms with Crippen molar-refractivity contribution < 1.29 is 23.8 Å². The summed E-state index contributed by atoms with van der Waals surface area (Å²) < 4.78 is 10.6. The van der Waals surface area contributed by atoms with Gasteiger partial charge in [0.05, 0.1) is 6.61 Å². The number of nitrogens with one attached hydrogen (secondary N) is 1. The second kappa shape index (κ2) is 8.86. The Morgan fingerprint density at radius 2 is 2.00 bits per heavy atom. The molecule has 2 aromatic rings. The van der Waals surface area contributed by atoms with Crippen LogP contribution < -0.4 is 15.7 Å². The molecule has 0 atom stereocenters. The number of aliphatic carboxylic acids is 1. The molecule has 2 rings (SSSR count). The zero-order chi connectivity index (χ0) is 18.2. The first-order chi connectivity index (χ1) is 12.0. The zero-order valence-electron chi connectivity index (χ0n) is 14.0. The van der Waals surface area contributed by atoms with Gasteiger partial charge in [0.25, 0.3) is 5.91 Å². The van der Waals surface area contributed by atoms with Crippen LogP contribution in [0, 0.1) is 0 Å². The predicted octanol–water partition coefficient (Wildman–Crippen LogP) is 2.57. The molecule has 1 aromatic heterocycles. The number of hydrogen-bond acceptors (Lipinski definition) is 5. The number of carbonyl (C=O) groups excluding carboxylic acids is 1. The summed E-state index contributed by atoms with van der Waals surface area (Å²) in [6, 6.07) is 6.59. The van der Waals surface area contributed by atoms with Crippen molar-refractivity contribution in [1.29, 1.82) is 0 Å². The minimum absolute atomic E-state index is 0.0535. The number of rotatable bonds is 9. The van der Waals surface area contributed by atoms with Crippen molar-refractivity contribution in [3.8, 4) is 5.75 Å². The van der Waals surface area contributed by atoms with Gasteiger partial charge in [0.2, 0.25) is 0 Å². The highest BCUT2D eigenvalue weighted by atomic mass is 16.5. The molecule has 134 valence electrons. The van der Waals surface area contributed by atoms with Crippen LogP contribution in [0.4, 0.5) is 0 Å². The van der Waals surface area contributed by atoms with Crippen LogP contribution in [0.5, 0.6) is 5.75 Å². The smallest absolute Gasteiger partial charge is 0.349 e. The van der Waals surface area contributed by atoms with E-state index in [1.54, 1.807) is 18.2 Å². The molecule has 0 unspecified atom stereocenters. The van der Waals surface area contributed by atoms with Gasteiger partial charge in [-0.1, -0.05) is 6.42 Å². The zero-order valence-corrected chi connectivity index (χ0v) is 14.0. The number of ether oxygens (including phenoxy) is 1. The molecule has 0 aliphatic carbocycles. The van der Waals surface area contributed by atoms with Gasteiger partial charge in [-0.2, -0.15) is 0 Å². The summed E-state index contributed by atoms with van der Waals surface area (Å²) in [4.78, 5) is 34.6. The van der Waals surface area contributed by atoms with E-state index in [1.807, 2.05) is 6.92 Å². The fraction of sp³-hybridized carbons (Fsp3) is 0.389. The molecule has 7 nitrogen and oxygen atoms in total. The van der Waals surface area contributed by atoms with Crippen molar-refractivity contribution in [1.82, 2.24) is 5.32 Å². The Hall–Kier alpha value is -2.83. The maximum atomic E-state index is 12.1. The number of carboxylic acids is 1. The van der Waals surface area contributed by atoms with Gasteiger partial charge in [-0.05, 0) is 38.0 Å². The van der Waals surface area contributed by atoms with Gasteiger partial charge in [-0.25, -0.2) is 4.79 Å². The molecule has 1 aromatic carbocycles. The number of amides is 1. The fourth-order valence-electron chi connectivity index (χ4n) is 2.38. The molecule has 0 bridgehead atoms. The monoisotopic (exact) mass is 347 g/mol. The molecule has 0 aliphatic heterocycles. The lowest BCUT2D eigenvalue weighted by Gasteiger charge is -2.06.